The summed E-state index contributed by atoms with van der Waals surface area (Å²) in [5, 5.41) is 3.36. The second-order valence-electron chi connectivity index (χ2n) is 6.07. The van der Waals surface area contributed by atoms with E-state index in [2.05, 4.69) is 18.3 Å². The molecule has 1 fully saturated rings. The SMILES string of the molecule is Cc1cccc(OCCNc2cccc(OCC3CCCO3)c2)c1. The average Bonchev–Trinajstić information content (AvgIpc) is 3.11. The summed E-state index contributed by atoms with van der Waals surface area (Å²) >= 11 is 0. The molecule has 128 valence electrons. The lowest BCUT2D eigenvalue weighted by Gasteiger charge is -2.13. The second-order valence-corrected chi connectivity index (χ2v) is 6.07. The molecule has 1 heterocycles. The smallest absolute Gasteiger partial charge is 0.121 e. The molecule has 0 saturated carbocycles. The summed E-state index contributed by atoms with van der Waals surface area (Å²) < 4.78 is 17.1. The van der Waals surface area contributed by atoms with Crippen LogP contribution < -0.4 is 14.8 Å². The molecule has 0 radical (unpaired) electrons. The first kappa shape index (κ1) is 16.7. The molecule has 0 aromatic heterocycles. The summed E-state index contributed by atoms with van der Waals surface area (Å²) in [6, 6.07) is 16.1. The molecule has 1 aliphatic heterocycles. The number of anilines is 1. The van der Waals surface area contributed by atoms with Crippen LogP contribution >= 0.6 is 0 Å². The Kier molecular flexibility index (Phi) is 5.96. The van der Waals surface area contributed by atoms with Crippen LogP contribution in [0.4, 0.5) is 5.69 Å². The van der Waals surface area contributed by atoms with E-state index in [9.17, 15) is 0 Å². The Hall–Kier alpha value is -2.20. The number of nitrogens with one attached hydrogen (secondary N) is 1. The first-order valence-electron chi connectivity index (χ1n) is 8.57. The Bertz CT molecular complexity index is 638. The van der Waals surface area contributed by atoms with Gasteiger partial charge in [0.2, 0.25) is 0 Å². The van der Waals surface area contributed by atoms with Crippen LogP contribution in [0.1, 0.15) is 18.4 Å². The number of rotatable bonds is 8. The van der Waals surface area contributed by atoms with Gasteiger partial charge in [-0.15, -0.1) is 0 Å². The van der Waals surface area contributed by atoms with Crippen LogP contribution in [-0.2, 0) is 4.74 Å². The van der Waals surface area contributed by atoms with Gasteiger partial charge in [-0.25, -0.2) is 0 Å². The molecule has 1 N–H and O–H groups in total. The lowest BCUT2D eigenvalue weighted by atomic mass is 10.2. The largest absolute Gasteiger partial charge is 0.492 e. The van der Waals surface area contributed by atoms with E-state index in [4.69, 9.17) is 14.2 Å². The molecule has 0 bridgehead atoms. The van der Waals surface area contributed by atoms with Gasteiger partial charge < -0.3 is 19.5 Å². The molecule has 1 atom stereocenters. The van der Waals surface area contributed by atoms with Crippen LogP contribution in [-0.4, -0.2) is 32.5 Å². The molecule has 4 heteroatoms. The molecule has 24 heavy (non-hydrogen) atoms. The van der Waals surface area contributed by atoms with Crippen molar-refractivity contribution in [3.05, 3.63) is 54.1 Å². The summed E-state index contributed by atoms with van der Waals surface area (Å²) in [6.45, 7) is 4.90. The van der Waals surface area contributed by atoms with Gasteiger partial charge in [0.1, 0.15) is 24.7 Å². The molecule has 1 unspecified atom stereocenters. The summed E-state index contributed by atoms with van der Waals surface area (Å²) in [5.41, 5.74) is 2.24. The molecule has 1 aliphatic rings. The summed E-state index contributed by atoms with van der Waals surface area (Å²) in [7, 11) is 0. The Morgan fingerprint density at radius 1 is 1.08 bits per heavy atom. The minimum atomic E-state index is 0.240. The Labute approximate surface area is 143 Å². The Balaban J connectivity index is 1.41. The molecule has 3 rings (SSSR count). The van der Waals surface area contributed by atoms with Crippen molar-refractivity contribution in [1.29, 1.82) is 0 Å². The van der Waals surface area contributed by atoms with Gasteiger partial charge in [0.15, 0.2) is 0 Å². The second kappa shape index (κ2) is 8.60. The van der Waals surface area contributed by atoms with Crippen molar-refractivity contribution in [2.75, 3.05) is 31.7 Å². The third kappa shape index (κ3) is 5.17. The minimum Gasteiger partial charge on any atom is -0.492 e. The first-order valence-corrected chi connectivity index (χ1v) is 8.57. The maximum absolute atomic E-state index is 5.82. The van der Waals surface area contributed by atoms with Crippen molar-refractivity contribution >= 4 is 5.69 Å². The molecular formula is C20H25NO3. The fourth-order valence-corrected chi connectivity index (χ4v) is 2.73. The predicted octanol–water partition coefficient (Wildman–Crippen LogP) is 4.04. The van der Waals surface area contributed by atoms with E-state index in [1.54, 1.807) is 0 Å². The Morgan fingerprint density at radius 3 is 2.71 bits per heavy atom. The highest BCUT2D eigenvalue weighted by Gasteiger charge is 2.15. The first-order chi connectivity index (χ1) is 11.8. The topological polar surface area (TPSA) is 39.7 Å². The van der Waals surface area contributed by atoms with E-state index < -0.39 is 0 Å². The number of ether oxygens (including phenoxy) is 3. The van der Waals surface area contributed by atoms with E-state index in [0.717, 1.165) is 43.2 Å². The van der Waals surface area contributed by atoms with E-state index in [1.807, 2.05) is 42.5 Å². The van der Waals surface area contributed by atoms with Gasteiger partial charge in [0.05, 0.1) is 6.10 Å². The minimum absolute atomic E-state index is 0.240. The average molecular weight is 327 g/mol. The Morgan fingerprint density at radius 2 is 1.92 bits per heavy atom. The van der Waals surface area contributed by atoms with Crippen molar-refractivity contribution in [2.24, 2.45) is 0 Å². The van der Waals surface area contributed by atoms with Gasteiger partial charge >= 0.3 is 0 Å². The standard InChI is InChI=1S/C20H25NO3/c1-16-5-2-7-18(13-16)23-12-10-21-17-6-3-8-19(14-17)24-15-20-9-4-11-22-20/h2-3,5-8,13-14,20-21H,4,9-12,15H2,1H3. The number of benzene rings is 2. The zero-order chi connectivity index (χ0) is 16.6. The van der Waals surface area contributed by atoms with Crippen LogP contribution in [0.25, 0.3) is 0 Å². The third-order valence-electron chi connectivity index (χ3n) is 3.98. The van der Waals surface area contributed by atoms with Crippen molar-refractivity contribution in [1.82, 2.24) is 0 Å². The molecule has 0 spiro atoms. The molecule has 2 aromatic rings. The maximum atomic E-state index is 5.82. The predicted molar refractivity (Wildman–Crippen MR) is 96.1 cm³/mol. The summed E-state index contributed by atoms with van der Waals surface area (Å²) in [4.78, 5) is 0. The van der Waals surface area contributed by atoms with Crippen molar-refractivity contribution in [2.45, 2.75) is 25.9 Å². The highest BCUT2D eigenvalue weighted by Crippen LogP contribution is 2.19. The van der Waals surface area contributed by atoms with Gasteiger partial charge in [0, 0.05) is 24.9 Å². The fraction of sp³-hybridized carbons (Fsp3) is 0.400. The molecule has 4 nitrogen and oxygen atoms in total. The monoisotopic (exact) mass is 327 g/mol. The quantitative estimate of drug-likeness (QED) is 0.743. The summed E-state index contributed by atoms with van der Waals surface area (Å²) in [6.07, 6.45) is 2.47. The van der Waals surface area contributed by atoms with E-state index in [0.29, 0.717) is 13.2 Å². The van der Waals surface area contributed by atoms with E-state index in [1.165, 1.54) is 5.56 Å². The van der Waals surface area contributed by atoms with Crippen LogP contribution in [0.15, 0.2) is 48.5 Å². The van der Waals surface area contributed by atoms with Crippen LogP contribution in [0.5, 0.6) is 11.5 Å². The normalized spacial score (nSPS) is 16.8. The van der Waals surface area contributed by atoms with Crippen LogP contribution in [0.2, 0.25) is 0 Å². The lowest BCUT2D eigenvalue weighted by molar-refractivity contribution is 0.0680. The molecule has 0 aliphatic carbocycles. The van der Waals surface area contributed by atoms with Gasteiger partial charge in [-0.05, 0) is 49.6 Å². The zero-order valence-corrected chi connectivity index (χ0v) is 14.2. The number of hydrogen-bond donors (Lipinski definition) is 1. The van der Waals surface area contributed by atoms with Gasteiger partial charge in [-0.3, -0.25) is 0 Å². The van der Waals surface area contributed by atoms with Crippen molar-refractivity contribution in [3.8, 4) is 11.5 Å². The van der Waals surface area contributed by atoms with Crippen molar-refractivity contribution in [3.63, 3.8) is 0 Å². The van der Waals surface area contributed by atoms with Crippen molar-refractivity contribution < 1.29 is 14.2 Å². The van der Waals surface area contributed by atoms with Crippen LogP contribution in [0, 0.1) is 6.92 Å². The molecular weight excluding hydrogens is 302 g/mol. The highest BCUT2D eigenvalue weighted by molar-refractivity contribution is 5.48. The fourth-order valence-electron chi connectivity index (χ4n) is 2.73. The molecule has 1 saturated heterocycles. The van der Waals surface area contributed by atoms with E-state index in [-0.39, 0.29) is 6.10 Å². The highest BCUT2D eigenvalue weighted by atomic mass is 16.5. The third-order valence-corrected chi connectivity index (χ3v) is 3.98. The van der Waals surface area contributed by atoms with E-state index >= 15 is 0 Å². The number of hydrogen-bond acceptors (Lipinski definition) is 4. The number of aryl methyl sites for hydroxylation is 1. The summed E-state index contributed by atoms with van der Waals surface area (Å²) in [5.74, 6) is 1.78. The molecule has 2 aromatic carbocycles. The van der Waals surface area contributed by atoms with Gasteiger partial charge in [-0.2, -0.15) is 0 Å². The lowest BCUT2D eigenvalue weighted by Crippen LogP contribution is -2.16. The maximum Gasteiger partial charge on any atom is 0.121 e. The van der Waals surface area contributed by atoms with Gasteiger partial charge in [-0.1, -0.05) is 18.2 Å². The van der Waals surface area contributed by atoms with Gasteiger partial charge in [0.25, 0.3) is 0 Å². The molecule has 0 amide bonds. The zero-order valence-electron chi connectivity index (χ0n) is 14.2. The van der Waals surface area contributed by atoms with Crippen LogP contribution in [0.3, 0.4) is 0 Å².